The molecular formula is C22H21F3N8O3. The van der Waals surface area contributed by atoms with Crippen LogP contribution in [-0.4, -0.2) is 44.7 Å². The summed E-state index contributed by atoms with van der Waals surface area (Å²) in [5, 5.41) is 3.04. The monoisotopic (exact) mass is 502 g/mol. The van der Waals surface area contributed by atoms with Gasteiger partial charge in [0.15, 0.2) is 11.6 Å². The largest absolute Gasteiger partial charge is 0.436 e. The molecule has 0 spiro atoms. The third-order valence-corrected chi connectivity index (χ3v) is 4.91. The minimum Gasteiger partial charge on any atom is -0.436 e. The average Bonchev–Trinajstić information content (AvgIpc) is 2.79. The molecule has 11 nitrogen and oxygen atoms in total. The van der Waals surface area contributed by atoms with E-state index < -0.39 is 17.4 Å². The summed E-state index contributed by atoms with van der Waals surface area (Å²) >= 11 is 0. The Labute approximate surface area is 201 Å². The summed E-state index contributed by atoms with van der Waals surface area (Å²) < 4.78 is 50.2. The number of alkyl halides is 3. The van der Waals surface area contributed by atoms with Gasteiger partial charge < -0.3 is 31.2 Å². The Balaban J connectivity index is 1.80. The number of hydrogen-bond donors (Lipinski definition) is 4. The van der Waals surface area contributed by atoms with Crippen molar-refractivity contribution in [3.05, 3.63) is 52.4 Å². The Morgan fingerprint density at radius 1 is 1.08 bits per heavy atom. The minimum atomic E-state index is -4.65. The van der Waals surface area contributed by atoms with Crippen LogP contribution in [0.4, 0.5) is 30.8 Å². The molecule has 1 unspecified atom stereocenters. The number of nitrogens with one attached hydrogen (secondary N) is 2. The van der Waals surface area contributed by atoms with Crippen molar-refractivity contribution < 1.29 is 22.6 Å². The zero-order valence-electron chi connectivity index (χ0n) is 19.1. The van der Waals surface area contributed by atoms with Crippen LogP contribution in [0.5, 0.6) is 11.6 Å². The first kappa shape index (κ1) is 24.7. The highest BCUT2D eigenvalue weighted by Gasteiger charge is 2.33. The van der Waals surface area contributed by atoms with Crippen molar-refractivity contribution in [3.63, 3.8) is 0 Å². The minimum absolute atomic E-state index is 0.0190. The molecule has 0 bridgehead atoms. The lowest BCUT2D eigenvalue weighted by molar-refractivity contribution is -0.141. The number of para-hydroxylation sites is 1. The lowest BCUT2D eigenvalue weighted by Gasteiger charge is -2.16. The number of aromatic nitrogens is 5. The third kappa shape index (κ3) is 5.27. The summed E-state index contributed by atoms with van der Waals surface area (Å²) in [4.78, 5) is 30.7. The Morgan fingerprint density at radius 3 is 2.56 bits per heavy atom. The normalized spacial score (nSPS) is 12.5. The highest BCUT2D eigenvalue weighted by Crippen LogP contribution is 2.34. The van der Waals surface area contributed by atoms with Crippen LogP contribution in [0, 0.1) is 0 Å². The van der Waals surface area contributed by atoms with Crippen LogP contribution in [0.25, 0.3) is 22.3 Å². The molecule has 0 amide bonds. The zero-order valence-corrected chi connectivity index (χ0v) is 19.1. The van der Waals surface area contributed by atoms with E-state index in [9.17, 15) is 18.0 Å². The van der Waals surface area contributed by atoms with E-state index in [1.54, 1.807) is 18.2 Å². The fourth-order valence-corrected chi connectivity index (χ4v) is 3.33. The quantitative estimate of drug-likeness (QED) is 0.295. The van der Waals surface area contributed by atoms with E-state index in [0.717, 1.165) is 6.07 Å². The van der Waals surface area contributed by atoms with Crippen molar-refractivity contribution in [1.82, 2.24) is 24.9 Å². The van der Waals surface area contributed by atoms with Crippen molar-refractivity contribution in [1.29, 1.82) is 0 Å². The van der Waals surface area contributed by atoms with Crippen LogP contribution in [0.3, 0.4) is 0 Å². The number of methoxy groups -OCH3 is 1. The molecule has 0 aliphatic rings. The number of anilines is 3. The molecule has 0 radical (unpaired) electrons. The summed E-state index contributed by atoms with van der Waals surface area (Å²) in [6, 6.07) is 7.99. The summed E-state index contributed by atoms with van der Waals surface area (Å²) in [5.74, 6) is -0.281. The van der Waals surface area contributed by atoms with E-state index >= 15 is 0 Å². The molecule has 0 aliphatic heterocycles. The maximum absolute atomic E-state index is 13.0. The van der Waals surface area contributed by atoms with Crippen LogP contribution in [0.15, 0.2) is 41.2 Å². The molecular weight excluding hydrogens is 481 g/mol. The second-order valence-corrected chi connectivity index (χ2v) is 7.75. The van der Waals surface area contributed by atoms with Crippen LogP contribution in [0.2, 0.25) is 0 Å². The van der Waals surface area contributed by atoms with Crippen molar-refractivity contribution in [2.75, 3.05) is 30.5 Å². The molecule has 4 aromatic rings. The van der Waals surface area contributed by atoms with Crippen LogP contribution >= 0.6 is 0 Å². The number of fused-ring (bicyclic) bond motifs is 1. The SMILES string of the molecule is COCC(C)Nc1nc(Oc2cccc3[nH]c(=O)c(N)nc23)cc(-c2ccc(C(F)(F)F)nc2N)n1. The topological polar surface area (TPSA) is 167 Å². The van der Waals surface area contributed by atoms with Crippen LogP contribution in [-0.2, 0) is 10.9 Å². The zero-order chi connectivity index (χ0) is 26.0. The predicted molar refractivity (Wildman–Crippen MR) is 126 cm³/mol. The van der Waals surface area contributed by atoms with Gasteiger partial charge in [0.05, 0.1) is 17.8 Å². The lowest BCUT2D eigenvalue weighted by Crippen LogP contribution is -2.22. The number of hydrogen-bond acceptors (Lipinski definition) is 10. The van der Waals surface area contributed by atoms with Gasteiger partial charge in [-0.1, -0.05) is 6.07 Å². The molecule has 3 heterocycles. The number of ether oxygens (including phenoxy) is 2. The standard InChI is InChI=1S/C22H21F3N8O3/c1-10(9-35-2)28-21-30-13(11-6-7-15(22(23,24)25)31-18(11)26)8-16(32-21)36-14-5-3-4-12-17(14)33-19(27)20(34)29-12/h3-8,10H,9H2,1-2H3,(H2,26,31)(H2,27,33)(H,29,34)(H,28,30,32). The van der Waals surface area contributed by atoms with Crippen LogP contribution < -0.4 is 27.1 Å². The molecule has 0 saturated heterocycles. The van der Waals surface area contributed by atoms with Gasteiger partial charge in [-0.05, 0) is 31.2 Å². The summed E-state index contributed by atoms with van der Waals surface area (Å²) in [5.41, 5.74) is 10.8. The van der Waals surface area contributed by atoms with Crippen molar-refractivity contribution in [2.45, 2.75) is 19.1 Å². The molecule has 0 fully saturated rings. The summed E-state index contributed by atoms with van der Waals surface area (Å²) in [7, 11) is 1.53. The van der Waals surface area contributed by atoms with Crippen molar-refractivity contribution in [3.8, 4) is 22.9 Å². The first-order valence-corrected chi connectivity index (χ1v) is 10.5. The number of benzene rings is 1. The smallest absolute Gasteiger partial charge is 0.433 e. The number of aromatic amines is 1. The number of pyridine rings is 1. The third-order valence-electron chi connectivity index (χ3n) is 4.91. The van der Waals surface area contributed by atoms with Crippen LogP contribution in [0.1, 0.15) is 12.6 Å². The van der Waals surface area contributed by atoms with Gasteiger partial charge in [-0.2, -0.15) is 18.2 Å². The molecule has 188 valence electrons. The van der Waals surface area contributed by atoms with Gasteiger partial charge >= 0.3 is 6.18 Å². The van der Waals surface area contributed by atoms with E-state index in [4.69, 9.17) is 20.9 Å². The number of nitrogens with zero attached hydrogens (tertiary/aromatic N) is 4. The van der Waals surface area contributed by atoms with E-state index in [0.29, 0.717) is 12.1 Å². The molecule has 0 aliphatic carbocycles. The summed E-state index contributed by atoms with van der Waals surface area (Å²) in [6.07, 6.45) is -4.65. The first-order valence-electron chi connectivity index (χ1n) is 10.5. The lowest BCUT2D eigenvalue weighted by atomic mass is 10.1. The van der Waals surface area contributed by atoms with Gasteiger partial charge in [-0.25, -0.2) is 15.0 Å². The number of halogens is 3. The molecule has 0 saturated carbocycles. The molecule has 1 aromatic carbocycles. The van der Waals surface area contributed by atoms with Gasteiger partial charge in [0, 0.05) is 24.8 Å². The Morgan fingerprint density at radius 2 is 1.86 bits per heavy atom. The summed E-state index contributed by atoms with van der Waals surface area (Å²) in [6.45, 7) is 2.15. The highest BCUT2D eigenvalue weighted by atomic mass is 19.4. The molecule has 4 rings (SSSR count). The second kappa shape index (κ2) is 9.65. The molecule has 14 heteroatoms. The average molecular weight is 502 g/mol. The number of H-pyrrole nitrogens is 1. The maximum Gasteiger partial charge on any atom is 0.433 e. The van der Waals surface area contributed by atoms with Crippen molar-refractivity contribution >= 4 is 28.6 Å². The van der Waals surface area contributed by atoms with E-state index in [1.807, 2.05) is 6.92 Å². The van der Waals surface area contributed by atoms with E-state index in [1.165, 1.54) is 19.2 Å². The maximum atomic E-state index is 13.0. The Bertz CT molecular complexity index is 1480. The first-order chi connectivity index (χ1) is 17.0. The second-order valence-electron chi connectivity index (χ2n) is 7.75. The predicted octanol–water partition coefficient (Wildman–Crippen LogP) is 3.20. The number of rotatable bonds is 7. The van der Waals surface area contributed by atoms with Gasteiger partial charge in [0.1, 0.15) is 17.0 Å². The Hall–Kier alpha value is -4.46. The van der Waals surface area contributed by atoms with Gasteiger partial charge in [-0.3, -0.25) is 4.79 Å². The van der Waals surface area contributed by atoms with Crippen molar-refractivity contribution in [2.24, 2.45) is 0 Å². The molecule has 1 atom stereocenters. The fourth-order valence-electron chi connectivity index (χ4n) is 3.33. The molecule has 36 heavy (non-hydrogen) atoms. The fraction of sp³-hybridized carbons (Fsp3) is 0.227. The number of nitrogens with two attached hydrogens (primary N) is 2. The number of nitrogen functional groups attached to an aromatic ring is 2. The van der Waals surface area contributed by atoms with E-state index in [-0.39, 0.29) is 52.0 Å². The van der Waals surface area contributed by atoms with E-state index in [2.05, 4.69) is 30.2 Å². The van der Waals surface area contributed by atoms with Gasteiger partial charge in [0.2, 0.25) is 11.8 Å². The molecule has 6 N–H and O–H groups in total. The molecule has 3 aromatic heterocycles. The van der Waals surface area contributed by atoms with Gasteiger partial charge in [-0.15, -0.1) is 0 Å². The highest BCUT2D eigenvalue weighted by molar-refractivity contribution is 5.82. The van der Waals surface area contributed by atoms with Gasteiger partial charge in [0.25, 0.3) is 5.56 Å². The Kier molecular flexibility index (Phi) is 6.61.